The average molecular weight is 422 g/mol. The minimum Gasteiger partial charge on any atom is -0.497 e. The Labute approximate surface area is 169 Å². The van der Waals surface area contributed by atoms with E-state index in [1.54, 1.807) is 19.1 Å². The number of carbonyl (C=O) groups excluding carboxylic acids is 1. The minimum atomic E-state index is -4.03. The molecule has 0 aromatic heterocycles. The second-order valence-electron chi connectivity index (χ2n) is 6.69. The van der Waals surface area contributed by atoms with Crippen LogP contribution in [-0.2, 0) is 14.8 Å². The van der Waals surface area contributed by atoms with Crippen molar-refractivity contribution in [2.45, 2.75) is 30.7 Å². The summed E-state index contributed by atoms with van der Waals surface area (Å²) >= 11 is 0. The van der Waals surface area contributed by atoms with Crippen LogP contribution in [0.3, 0.4) is 0 Å². The number of nitrogens with one attached hydrogen (secondary N) is 1. The maximum Gasteiger partial charge on any atom is 0.247 e. The highest BCUT2D eigenvalue weighted by molar-refractivity contribution is 7.89. The summed E-state index contributed by atoms with van der Waals surface area (Å²) < 4.78 is 51.9. The van der Waals surface area contributed by atoms with Gasteiger partial charge in [-0.3, -0.25) is 4.79 Å². The summed E-state index contributed by atoms with van der Waals surface area (Å²) in [6.45, 7) is 1.75. The molecule has 1 atom stereocenters. The predicted molar refractivity (Wildman–Crippen MR) is 106 cm³/mol. The molecule has 1 fully saturated rings. The Morgan fingerprint density at radius 1 is 1.21 bits per heavy atom. The van der Waals surface area contributed by atoms with Crippen LogP contribution in [0.15, 0.2) is 41.3 Å². The molecule has 2 aromatic carbocycles. The highest BCUT2D eigenvalue weighted by atomic mass is 32.2. The van der Waals surface area contributed by atoms with Crippen LogP contribution in [0.5, 0.6) is 11.5 Å². The summed E-state index contributed by atoms with van der Waals surface area (Å²) in [4.78, 5) is 12.8. The quantitative estimate of drug-likeness (QED) is 0.774. The van der Waals surface area contributed by atoms with E-state index in [1.807, 2.05) is 0 Å². The Hall–Kier alpha value is -2.65. The molecule has 1 aliphatic rings. The van der Waals surface area contributed by atoms with Crippen molar-refractivity contribution in [2.75, 3.05) is 26.1 Å². The van der Waals surface area contributed by atoms with Crippen molar-refractivity contribution in [3.8, 4) is 11.5 Å². The zero-order valence-electron chi connectivity index (χ0n) is 16.4. The molecule has 0 unspecified atom stereocenters. The standard InChI is InChI=1S/C20H23FN2O5S/c1-13-15(21)6-4-7-16(13)22-20(24)17-8-5-11-23(17)29(25,26)19-12-14(27-2)9-10-18(19)28-3/h4,6-7,9-10,12,17H,5,8,11H2,1-3H3,(H,22,24)/t17-/m0/s1. The topological polar surface area (TPSA) is 84.9 Å². The van der Waals surface area contributed by atoms with Gasteiger partial charge in [0.2, 0.25) is 15.9 Å². The summed E-state index contributed by atoms with van der Waals surface area (Å²) in [7, 11) is -1.21. The third kappa shape index (κ3) is 4.06. The Kier molecular flexibility index (Phi) is 6.09. The van der Waals surface area contributed by atoms with E-state index in [2.05, 4.69) is 5.32 Å². The fraction of sp³-hybridized carbons (Fsp3) is 0.350. The second kappa shape index (κ2) is 8.38. The van der Waals surface area contributed by atoms with Gasteiger partial charge in [0.25, 0.3) is 0 Å². The van der Waals surface area contributed by atoms with E-state index in [9.17, 15) is 17.6 Å². The number of carbonyl (C=O) groups is 1. The number of sulfonamides is 1. The highest BCUT2D eigenvalue weighted by Crippen LogP contribution is 2.34. The van der Waals surface area contributed by atoms with Gasteiger partial charge >= 0.3 is 0 Å². The first kappa shape index (κ1) is 21.1. The SMILES string of the molecule is COc1ccc(OC)c(S(=O)(=O)N2CCC[C@H]2C(=O)Nc2cccc(F)c2C)c1. The second-order valence-corrected chi connectivity index (χ2v) is 8.55. The molecule has 0 bridgehead atoms. The number of hydrogen-bond acceptors (Lipinski definition) is 5. The lowest BCUT2D eigenvalue weighted by molar-refractivity contribution is -0.119. The maximum atomic E-state index is 13.8. The molecule has 1 aliphatic heterocycles. The van der Waals surface area contributed by atoms with Crippen LogP contribution in [0.1, 0.15) is 18.4 Å². The van der Waals surface area contributed by atoms with Gasteiger partial charge < -0.3 is 14.8 Å². The molecule has 1 saturated heterocycles. The molecule has 1 heterocycles. The molecule has 1 N–H and O–H groups in total. The Morgan fingerprint density at radius 2 is 1.97 bits per heavy atom. The lowest BCUT2D eigenvalue weighted by atomic mass is 10.1. The number of anilines is 1. The Balaban J connectivity index is 1.92. The van der Waals surface area contributed by atoms with E-state index < -0.39 is 27.8 Å². The molecule has 0 radical (unpaired) electrons. The number of methoxy groups -OCH3 is 2. The molecule has 3 rings (SSSR count). The van der Waals surface area contributed by atoms with Crippen LogP contribution in [0.25, 0.3) is 0 Å². The molecule has 1 amide bonds. The molecule has 29 heavy (non-hydrogen) atoms. The lowest BCUT2D eigenvalue weighted by Crippen LogP contribution is -2.43. The molecule has 7 nitrogen and oxygen atoms in total. The van der Waals surface area contributed by atoms with E-state index in [4.69, 9.17) is 9.47 Å². The molecule has 0 spiro atoms. The molecule has 0 saturated carbocycles. The zero-order chi connectivity index (χ0) is 21.2. The minimum absolute atomic E-state index is 0.0685. The van der Waals surface area contributed by atoms with Gasteiger partial charge in [0.05, 0.1) is 14.2 Å². The highest BCUT2D eigenvalue weighted by Gasteiger charge is 2.41. The van der Waals surface area contributed by atoms with Crippen molar-refractivity contribution < 1.29 is 27.1 Å². The Bertz CT molecular complexity index is 1030. The molecule has 2 aromatic rings. The average Bonchev–Trinajstić information content (AvgIpc) is 3.22. The van der Waals surface area contributed by atoms with Crippen LogP contribution < -0.4 is 14.8 Å². The zero-order valence-corrected chi connectivity index (χ0v) is 17.3. The third-order valence-electron chi connectivity index (χ3n) is 4.99. The predicted octanol–water partition coefficient (Wildman–Crippen LogP) is 2.94. The molecular formula is C20H23FN2O5S. The van der Waals surface area contributed by atoms with Crippen LogP contribution in [0.4, 0.5) is 10.1 Å². The van der Waals surface area contributed by atoms with Gasteiger partial charge in [-0.2, -0.15) is 4.31 Å². The molecule has 9 heteroatoms. The van der Waals surface area contributed by atoms with Crippen molar-refractivity contribution in [1.82, 2.24) is 4.31 Å². The van der Waals surface area contributed by atoms with Gasteiger partial charge in [-0.1, -0.05) is 6.07 Å². The first-order valence-electron chi connectivity index (χ1n) is 9.09. The monoisotopic (exact) mass is 422 g/mol. The number of hydrogen-bond donors (Lipinski definition) is 1. The van der Waals surface area contributed by atoms with E-state index >= 15 is 0 Å². The van der Waals surface area contributed by atoms with Crippen LogP contribution in [0.2, 0.25) is 0 Å². The van der Waals surface area contributed by atoms with Gasteiger partial charge in [0, 0.05) is 23.9 Å². The fourth-order valence-electron chi connectivity index (χ4n) is 3.36. The largest absolute Gasteiger partial charge is 0.497 e. The van der Waals surface area contributed by atoms with Crippen LogP contribution >= 0.6 is 0 Å². The summed E-state index contributed by atoms with van der Waals surface area (Å²) in [6, 6.07) is 7.94. The van der Waals surface area contributed by atoms with Crippen molar-refractivity contribution in [3.63, 3.8) is 0 Å². The van der Waals surface area contributed by atoms with Gasteiger partial charge in [-0.05, 0) is 44.0 Å². The van der Waals surface area contributed by atoms with E-state index in [0.717, 1.165) is 4.31 Å². The summed E-state index contributed by atoms with van der Waals surface area (Å²) in [5.74, 6) is -0.417. The first-order valence-corrected chi connectivity index (χ1v) is 10.5. The molecule has 156 valence electrons. The van der Waals surface area contributed by atoms with E-state index in [0.29, 0.717) is 29.8 Å². The number of benzene rings is 2. The van der Waals surface area contributed by atoms with Crippen LogP contribution in [-0.4, -0.2) is 45.4 Å². The smallest absolute Gasteiger partial charge is 0.247 e. The summed E-state index contributed by atoms with van der Waals surface area (Å²) in [5.41, 5.74) is 0.612. The number of rotatable bonds is 6. The number of amides is 1. The normalized spacial score (nSPS) is 17.2. The fourth-order valence-corrected chi connectivity index (χ4v) is 5.19. The first-order chi connectivity index (χ1) is 13.8. The van der Waals surface area contributed by atoms with E-state index in [-0.39, 0.29) is 17.2 Å². The number of halogens is 1. The van der Waals surface area contributed by atoms with Gasteiger partial charge in [-0.25, -0.2) is 12.8 Å². The van der Waals surface area contributed by atoms with Crippen molar-refractivity contribution in [3.05, 3.63) is 47.8 Å². The maximum absolute atomic E-state index is 13.8. The Morgan fingerprint density at radius 3 is 2.66 bits per heavy atom. The van der Waals surface area contributed by atoms with Crippen molar-refractivity contribution in [2.24, 2.45) is 0 Å². The van der Waals surface area contributed by atoms with Crippen molar-refractivity contribution in [1.29, 1.82) is 0 Å². The van der Waals surface area contributed by atoms with E-state index in [1.165, 1.54) is 38.5 Å². The van der Waals surface area contributed by atoms with Gasteiger partial charge in [-0.15, -0.1) is 0 Å². The number of nitrogens with zero attached hydrogens (tertiary/aromatic N) is 1. The molecular weight excluding hydrogens is 399 g/mol. The lowest BCUT2D eigenvalue weighted by Gasteiger charge is -2.24. The van der Waals surface area contributed by atoms with Gasteiger partial charge in [0.1, 0.15) is 28.3 Å². The van der Waals surface area contributed by atoms with Crippen LogP contribution in [0, 0.1) is 12.7 Å². The summed E-state index contributed by atoms with van der Waals surface area (Å²) in [6.07, 6.45) is 0.900. The summed E-state index contributed by atoms with van der Waals surface area (Å²) in [5, 5.41) is 2.66. The third-order valence-corrected chi connectivity index (χ3v) is 6.92. The molecule has 0 aliphatic carbocycles. The number of ether oxygens (including phenoxy) is 2. The van der Waals surface area contributed by atoms with Crippen molar-refractivity contribution >= 4 is 21.6 Å². The van der Waals surface area contributed by atoms with Gasteiger partial charge in [0.15, 0.2) is 0 Å².